The van der Waals surface area contributed by atoms with E-state index in [-0.39, 0.29) is 5.78 Å². The molecule has 116 valence electrons. The van der Waals surface area contributed by atoms with Crippen LogP contribution in [0.5, 0.6) is 5.75 Å². The molecule has 2 rings (SSSR count). The van der Waals surface area contributed by atoms with E-state index in [0.29, 0.717) is 18.3 Å². The number of ether oxygens (including phenoxy) is 1. The Morgan fingerprint density at radius 1 is 1.14 bits per heavy atom. The molecule has 0 spiro atoms. The van der Waals surface area contributed by atoms with E-state index in [2.05, 4.69) is 13.8 Å². The van der Waals surface area contributed by atoms with E-state index in [1.165, 1.54) is 0 Å². The third kappa shape index (κ3) is 4.38. The molecule has 0 aliphatic rings. The maximum atomic E-state index is 12.6. The van der Waals surface area contributed by atoms with Crippen LogP contribution in [0.1, 0.15) is 42.6 Å². The fourth-order valence-corrected chi connectivity index (χ4v) is 3.08. The lowest BCUT2D eigenvalue weighted by atomic mass is 9.95. The Kier molecular flexibility index (Phi) is 6.08. The predicted octanol–water partition coefficient (Wildman–Crippen LogP) is 5.18. The molecule has 2 nitrogen and oxygen atoms in total. The van der Waals surface area contributed by atoms with Gasteiger partial charge in [-0.1, -0.05) is 32.0 Å². The third-order valence-corrected chi connectivity index (χ3v) is 4.38. The summed E-state index contributed by atoms with van der Waals surface area (Å²) in [7, 11) is 0. The molecule has 0 fully saturated rings. The Bertz CT molecular complexity index is 621. The second kappa shape index (κ2) is 8.04. The first kappa shape index (κ1) is 16.6. The fraction of sp³-hybridized carbons (Fsp3) is 0.316. The highest BCUT2D eigenvalue weighted by Gasteiger charge is 2.15. The molecule has 0 saturated carbocycles. The average Bonchev–Trinajstić information content (AvgIpc) is 2.54. The van der Waals surface area contributed by atoms with E-state index in [1.807, 2.05) is 55.5 Å². The van der Waals surface area contributed by atoms with Crippen LogP contribution in [0.3, 0.4) is 0 Å². The highest BCUT2D eigenvalue weighted by atomic mass is 32.2. The zero-order valence-corrected chi connectivity index (χ0v) is 14.2. The second-order valence-corrected chi connectivity index (χ2v) is 6.41. The molecule has 0 bridgehead atoms. The number of Topliss-reactive ketones (excluding diaryl/α,β-unsaturated/α-hetero) is 1. The van der Waals surface area contributed by atoms with Crippen molar-refractivity contribution in [3.8, 4) is 5.75 Å². The quantitative estimate of drug-likeness (QED) is 0.520. The summed E-state index contributed by atoms with van der Waals surface area (Å²) in [5.74, 6) is 1.75. The molecule has 0 aliphatic carbocycles. The van der Waals surface area contributed by atoms with Gasteiger partial charge in [0.25, 0.3) is 0 Å². The van der Waals surface area contributed by atoms with Crippen LogP contribution in [0.4, 0.5) is 0 Å². The van der Waals surface area contributed by atoms with E-state index in [9.17, 15) is 4.79 Å². The van der Waals surface area contributed by atoms with Crippen molar-refractivity contribution in [1.82, 2.24) is 0 Å². The normalized spacial score (nSPS) is 10.7. The summed E-state index contributed by atoms with van der Waals surface area (Å²) in [6.45, 7) is 6.80. The topological polar surface area (TPSA) is 26.3 Å². The number of hydrogen-bond acceptors (Lipinski definition) is 3. The summed E-state index contributed by atoms with van der Waals surface area (Å²) in [6.07, 6.45) is 0. The summed E-state index contributed by atoms with van der Waals surface area (Å²) in [6, 6.07) is 15.8. The van der Waals surface area contributed by atoms with Gasteiger partial charge in [-0.05, 0) is 48.7 Å². The van der Waals surface area contributed by atoms with E-state index < -0.39 is 0 Å². The van der Waals surface area contributed by atoms with E-state index >= 15 is 0 Å². The van der Waals surface area contributed by atoms with E-state index in [0.717, 1.165) is 21.8 Å². The van der Waals surface area contributed by atoms with Gasteiger partial charge in [-0.3, -0.25) is 4.79 Å². The first-order valence-corrected chi connectivity index (χ1v) is 8.58. The summed E-state index contributed by atoms with van der Waals surface area (Å²) in [4.78, 5) is 13.7. The van der Waals surface area contributed by atoms with Crippen LogP contribution in [-0.4, -0.2) is 18.1 Å². The van der Waals surface area contributed by atoms with Crippen molar-refractivity contribution in [2.75, 3.05) is 12.4 Å². The maximum Gasteiger partial charge on any atom is 0.173 e. The summed E-state index contributed by atoms with van der Waals surface area (Å²) in [5, 5.41) is 0. The van der Waals surface area contributed by atoms with Crippen molar-refractivity contribution < 1.29 is 9.53 Å². The molecular formula is C19H22O2S. The zero-order valence-electron chi connectivity index (χ0n) is 13.3. The van der Waals surface area contributed by atoms with Crippen molar-refractivity contribution in [3.63, 3.8) is 0 Å². The third-order valence-electron chi connectivity index (χ3n) is 3.37. The van der Waals surface area contributed by atoms with Crippen molar-refractivity contribution >= 4 is 17.5 Å². The Morgan fingerprint density at radius 2 is 1.86 bits per heavy atom. The Balaban J connectivity index is 2.14. The maximum absolute atomic E-state index is 12.6. The highest BCUT2D eigenvalue weighted by Crippen LogP contribution is 2.27. The van der Waals surface area contributed by atoms with Gasteiger partial charge in [-0.15, -0.1) is 11.8 Å². The molecule has 22 heavy (non-hydrogen) atoms. The lowest BCUT2D eigenvalue weighted by Gasteiger charge is -2.14. The fourth-order valence-electron chi connectivity index (χ4n) is 2.27. The molecule has 0 aliphatic heterocycles. The Labute approximate surface area is 136 Å². The standard InChI is InChI=1S/C19H22O2S/c1-4-21-15-10-11-17(18(12-15)14(2)3)19(20)13-22-16-8-6-5-7-9-16/h5-12,14H,4,13H2,1-3H3. The van der Waals surface area contributed by atoms with Gasteiger partial charge in [0, 0.05) is 10.5 Å². The van der Waals surface area contributed by atoms with Crippen LogP contribution in [0.2, 0.25) is 0 Å². The van der Waals surface area contributed by atoms with Gasteiger partial charge in [0.15, 0.2) is 5.78 Å². The number of carbonyl (C=O) groups excluding carboxylic acids is 1. The summed E-state index contributed by atoms with van der Waals surface area (Å²) < 4.78 is 5.54. The molecule has 0 aromatic heterocycles. The highest BCUT2D eigenvalue weighted by molar-refractivity contribution is 8.00. The summed E-state index contributed by atoms with van der Waals surface area (Å²) in [5.41, 5.74) is 1.87. The molecule has 0 atom stereocenters. The lowest BCUT2D eigenvalue weighted by molar-refractivity contribution is 0.102. The van der Waals surface area contributed by atoms with Crippen molar-refractivity contribution in [3.05, 3.63) is 59.7 Å². The molecule has 3 heteroatoms. The van der Waals surface area contributed by atoms with Crippen LogP contribution in [0.15, 0.2) is 53.4 Å². The number of hydrogen-bond donors (Lipinski definition) is 0. The predicted molar refractivity (Wildman–Crippen MR) is 93.2 cm³/mol. The number of rotatable bonds is 7. The second-order valence-electron chi connectivity index (χ2n) is 5.36. The largest absolute Gasteiger partial charge is 0.494 e. The summed E-state index contributed by atoms with van der Waals surface area (Å²) >= 11 is 1.58. The van der Waals surface area contributed by atoms with Gasteiger partial charge >= 0.3 is 0 Å². The minimum Gasteiger partial charge on any atom is -0.494 e. The molecule has 0 heterocycles. The minimum atomic E-state index is 0.167. The molecule has 0 saturated heterocycles. The number of benzene rings is 2. The monoisotopic (exact) mass is 314 g/mol. The van der Waals surface area contributed by atoms with Crippen LogP contribution >= 0.6 is 11.8 Å². The van der Waals surface area contributed by atoms with Crippen LogP contribution in [-0.2, 0) is 0 Å². The molecule has 2 aromatic carbocycles. The van der Waals surface area contributed by atoms with Gasteiger partial charge in [0.05, 0.1) is 12.4 Å². The van der Waals surface area contributed by atoms with Crippen LogP contribution in [0.25, 0.3) is 0 Å². The first-order chi connectivity index (χ1) is 10.6. The van der Waals surface area contributed by atoms with Gasteiger partial charge in [-0.2, -0.15) is 0 Å². The molecule has 0 amide bonds. The van der Waals surface area contributed by atoms with Crippen LogP contribution < -0.4 is 4.74 Å². The molecule has 0 unspecified atom stereocenters. The molecule has 0 N–H and O–H groups in total. The molecule has 2 aromatic rings. The van der Waals surface area contributed by atoms with Gasteiger partial charge in [-0.25, -0.2) is 0 Å². The molecular weight excluding hydrogens is 292 g/mol. The van der Waals surface area contributed by atoms with Crippen molar-refractivity contribution in [1.29, 1.82) is 0 Å². The SMILES string of the molecule is CCOc1ccc(C(=O)CSc2ccccc2)c(C(C)C)c1. The van der Waals surface area contributed by atoms with Gasteiger partial charge in [0.1, 0.15) is 5.75 Å². The Hall–Kier alpha value is -1.74. The van der Waals surface area contributed by atoms with Crippen molar-refractivity contribution in [2.45, 2.75) is 31.6 Å². The smallest absolute Gasteiger partial charge is 0.173 e. The first-order valence-electron chi connectivity index (χ1n) is 7.59. The minimum absolute atomic E-state index is 0.167. The number of carbonyl (C=O) groups is 1. The van der Waals surface area contributed by atoms with Crippen LogP contribution in [0, 0.1) is 0 Å². The van der Waals surface area contributed by atoms with Gasteiger partial charge in [0.2, 0.25) is 0 Å². The van der Waals surface area contributed by atoms with Gasteiger partial charge < -0.3 is 4.74 Å². The number of ketones is 1. The van der Waals surface area contributed by atoms with E-state index in [4.69, 9.17) is 4.74 Å². The van der Waals surface area contributed by atoms with E-state index in [1.54, 1.807) is 11.8 Å². The lowest BCUT2D eigenvalue weighted by Crippen LogP contribution is -2.08. The molecule has 0 radical (unpaired) electrons. The number of thioether (sulfide) groups is 1. The zero-order chi connectivity index (χ0) is 15.9. The van der Waals surface area contributed by atoms with Crippen molar-refractivity contribution in [2.24, 2.45) is 0 Å². The Morgan fingerprint density at radius 3 is 2.50 bits per heavy atom. The average molecular weight is 314 g/mol.